The molecule has 0 saturated carbocycles. The van der Waals surface area contributed by atoms with Crippen LogP contribution in [-0.2, 0) is 14.8 Å². The van der Waals surface area contributed by atoms with Crippen molar-refractivity contribution in [2.24, 2.45) is 0 Å². The molecule has 158 valence electrons. The summed E-state index contributed by atoms with van der Waals surface area (Å²) in [4.78, 5) is 13.0. The van der Waals surface area contributed by atoms with Gasteiger partial charge in [0, 0.05) is 15.5 Å². The van der Waals surface area contributed by atoms with Crippen LogP contribution in [0.15, 0.2) is 52.3 Å². The quantitative estimate of drug-likeness (QED) is 0.593. The van der Waals surface area contributed by atoms with Gasteiger partial charge in [0.05, 0.1) is 17.0 Å². The molecule has 29 heavy (non-hydrogen) atoms. The molecule has 2 rings (SSSR count). The molecule has 0 saturated heterocycles. The smallest absolute Gasteiger partial charge is 0.373 e. The first kappa shape index (κ1) is 23.3. The second kappa shape index (κ2) is 8.42. The predicted molar refractivity (Wildman–Crippen MR) is 106 cm³/mol. The molecule has 3 N–H and O–H groups in total. The van der Waals surface area contributed by atoms with Gasteiger partial charge in [-0.3, -0.25) is 9.52 Å². The lowest BCUT2D eigenvalue weighted by Gasteiger charge is -2.25. The largest absolute Gasteiger partial charge is 0.426 e. The van der Waals surface area contributed by atoms with E-state index in [1.54, 1.807) is 24.3 Å². The molecular weight excluding hydrogens is 453 g/mol. The van der Waals surface area contributed by atoms with Gasteiger partial charge in [-0.2, -0.15) is 13.2 Å². The molecule has 0 fully saturated rings. The van der Waals surface area contributed by atoms with Crippen molar-refractivity contribution in [2.45, 2.75) is 28.5 Å². The number of rotatable bonds is 6. The van der Waals surface area contributed by atoms with Crippen LogP contribution in [0.5, 0.6) is 0 Å². The number of alkyl halides is 3. The Morgan fingerprint density at radius 1 is 1.14 bits per heavy atom. The molecule has 0 bridgehead atoms. The lowest BCUT2D eigenvalue weighted by atomic mass is 10.1. The molecule has 0 aliphatic heterocycles. The van der Waals surface area contributed by atoms with Crippen molar-refractivity contribution >= 4 is 50.7 Å². The van der Waals surface area contributed by atoms with Crippen molar-refractivity contribution < 1.29 is 31.5 Å². The number of carbonyl (C=O) groups excluding carboxylic acids is 1. The molecule has 1 atom stereocenters. The van der Waals surface area contributed by atoms with Crippen molar-refractivity contribution in [3.05, 3.63) is 47.5 Å². The Morgan fingerprint density at radius 2 is 1.76 bits per heavy atom. The third kappa shape index (κ3) is 6.26. The predicted octanol–water partition coefficient (Wildman–Crippen LogP) is 4.11. The SMILES string of the molecule is C[C@@](O)(C(=O)Nc1ccc(Sc2cccc(NS(C)(=O)=O)c2)cc1Cl)C(F)(F)F. The zero-order valence-electron chi connectivity index (χ0n) is 15.0. The van der Waals surface area contributed by atoms with Gasteiger partial charge in [0.25, 0.3) is 5.91 Å². The summed E-state index contributed by atoms with van der Waals surface area (Å²) >= 11 is 7.26. The van der Waals surface area contributed by atoms with Gasteiger partial charge in [0.15, 0.2) is 0 Å². The molecule has 0 aliphatic rings. The van der Waals surface area contributed by atoms with E-state index >= 15 is 0 Å². The molecule has 6 nitrogen and oxygen atoms in total. The number of anilines is 2. The van der Waals surface area contributed by atoms with Crippen molar-refractivity contribution in [2.75, 3.05) is 16.3 Å². The molecule has 2 aromatic carbocycles. The van der Waals surface area contributed by atoms with Crippen molar-refractivity contribution in [3.63, 3.8) is 0 Å². The van der Waals surface area contributed by atoms with Gasteiger partial charge in [-0.05, 0) is 43.3 Å². The topological polar surface area (TPSA) is 95.5 Å². The molecule has 0 radical (unpaired) electrons. The highest BCUT2D eigenvalue weighted by atomic mass is 35.5. The van der Waals surface area contributed by atoms with E-state index in [0.29, 0.717) is 22.4 Å². The van der Waals surface area contributed by atoms with Gasteiger partial charge in [0.1, 0.15) is 0 Å². The van der Waals surface area contributed by atoms with E-state index in [0.717, 1.165) is 6.26 Å². The monoisotopic (exact) mass is 468 g/mol. The van der Waals surface area contributed by atoms with E-state index in [4.69, 9.17) is 11.6 Å². The second-order valence-corrected chi connectivity index (χ2v) is 9.47. The van der Waals surface area contributed by atoms with Crippen LogP contribution in [0.2, 0.25) is 5.02 Å². The maximum atomic E-state index is 12.7. The maximum absolute atomic E-state index is 12.7. The molecule has 0 aromatic heterocycles. The molecule has 0 spiro atoms. The Hall–Kier alpha value is -1.95. The lowest BCUT2D eigenvalue weighted by molar-refractivity contribution is -0.242. The van der Waals surface area contributed by atoms with E-state index in [-0.39, 0.29) is 10.7 Å². The van der Waals surface area contributed by atoms with E-state index in [9.17, 15) is 31.5 Å². The average Bonchev–Trinajstić information content (AvgIpc) is 2.55. The van der Waals surface area contributed by atoms with Gasteiger partial charge in [-0.15, -0.1) is 0 Å². The second-order valence-electron chi connectivity index (χ2n) is 6.17. The van der Waals surface area contributed by atoms with Gasteiger partial charge in [-0.25, -0.2) is 8.42 Å². The van der Waals surface area contributed by atoms with E-state index in [1.807, 2.05) is 5.32 Å². The van der Waals surface area contributed by atoms with E-state index in [1.165, 1.54) is 30.0 Å². The Kier molecular flexibility index (Phi) is 6.78. The third-order valence-electron chi connectivity index (χ3n) is 3.56. The number of halogens is 4. The zero-order valence-corrected chi connectivity index (χ0v) is 17.4. The van der Waals surface area contributed by atoms with Crippen molar-refractivity contribution in [3.8, 4) is 0 Å². The number of amides is 1. The Labute approximate surface area is 174 Å². The number of benzene rings is 2. The summed E-state index contributed by atoms with van der Waals surface area (Å²) in [5.74, 6) is -1.66. The van der Waals surface area contributed by atoms with Crippen molar-refractivity contribution in [1.82, 2.24) is 0 Å². The maximum Gasteiger partial charge on any atom is 0.426 e. The Balaban J connectivity index is 2.16. The number of hydrogen-bond donors (Lipinski definition) is 3. The van der Waals surface area contributed by atoms with Crippen LogP contribution in [-0.4, -0.2) is 37.5 Å². The summed E-state index contributed by atoms with van der Waals surface area (Å²) in [5, 5.41) is 11.3. The molecular formula is C17H16ClF3N2O4S2. The molecule has 2 aromatic rings. The summed E-state index contributed by atoms with van der Waals surface area (Å²) in [7, 11) is -3.43. The van der Waals surface area contributed by atoms with Crippen LogP contribution in [0, 0.1) is 0 Å². The normalized spacial score (nSPS) is 14.2. The highest BCUT2D eigenvalue weighted by Crippen LogP contribution is 2.35. The molecule has 0 aliphatic carbocycles. The van der Waals surface area contributed by atoms with Crippen molar-refractivity contribution in [1.29, 1.82) is 0 Å². The average molecular weight is 469 g/mol. The number of aliphatic hydroxyl groups is 1. The van der Waals surface area contributed by atoms with Gasteiger partial charge >= 0.3 is 6.18 Å². The standard InChI is InChI=1S/C17H16ClF3N2O4S2/c1-16(25,17(19,20)21)15(24)22-14-7-6-12(9-13(14)18)28-11-5-3-4-10(8-11)23-29(2,26)27/h3-9,23,25H,1-2H3,(H,22,24)/t16-/m1/s1. The highest BCUT2D eigenvalue weighted by Gasteiger charge is 2.55. The van der Waals surface area contributed by atoms with Crippen LogP contribution >= 0.6 is 23.4 Å². The van der Waals surface area contributed by atoms with Gasteiger partial charge < -0.3 is 10.4 Å². The molecule has 0 heterocycles. The van der Waals surface area contributed by atoms with Gasteiger partial charge in [-0.1, -0.05) is 29.4 Å². The zero-order chi connectivity index (χ0) is 22.0. The Morgan fingerprint density at radius 3 is 2.31 bits per heavy atom. The lowest BCUT2D eigenvalue weighted by Crippen LogP contribution is -2.52. The van der Waals surface area contributed by atoms with Crippen LogP contribution in [0.3, 0.4) is 0 Å². The fourth-order valence-electron chi connectivity index (χ4n) is 2.01. The number of carbonyl (C=O) groups is 1. The number of nitrogens with one attached hydrogen (secondary N) is 2. The number of hydrogen-bond acceptors (Lipinski definition) is 5. The summed E-state index contributed by atoms with van der Waals surface area (Å²) in [6, 6.07) is 10.8. The van der Waals surface area contributed by atoms with Crippen LogP contribution in [0.1, 0.15) is 6.92 Å². The minimum absolute atomic E-state index is 0.0354. The van der Waals surface area contributed by atoms with Crippen LogP contribution in [0.25, 0.3) is 0 Å². The summed E-state index contributed by atoms with van der Waals surface area (Å²) < 4.78 is 63.2. The van der Waals surface area contributed by atoms with Crippen LogP contribution < -0.4 is 10.0 Å². The first-order chi connectivity index (χ1) is 13.2. The van der Waals surface area contributed by atoms with E-state index < -0.39 is 27.7 Å². The summed E-state index contributed by atoms with van der Waals surface area (Å²) in [6.07, 6.45) is -4.12. The Bertz CT molecular complexity index is 1030. The first-order valence-corrected chi connectivity index (χ1v) is 10.9. The summed E-state index contributed by atoms with van der Waals surface area (Å²) in [6.45, 7) is 0.345. The molecule has 1 amide bonds. The first-order valence-electron chi connectivity index (χ1n) is 7.85. The van der Waals surface area contributed by atoms with E-state index in [2.05, 4.69) is 4.72 Å². The van der Waals surface area contributed by atoms with Crippen LogP contribution in [0.4, 0.5) is 24.5 Å². The number of sulfonamides is 1. The molecule has 0 unspecified atom stereocenters. The third-order valence-corrected chi connectivity index (χ3v) is 5.45. The fraction of sp³-hybridized carbons (Fsp3) is 0.235. The minimum Gasteiger partial charge on any atom is -0.373 e. The molecule has 12 heteroatoms. The van der Waals surface area contributed by atoms with Gasteiger partial charge in [0.2, 0.25) is 15.6 Å². The minimum atomic E-state index is -5.15. The highest BCUT2D eigenvalue weighted by molar-refractivity contribution is 7.99. The fourth-order valence-corrected chi connectivity index (χ4v) is 3.77. The summed E-state index contributed by atoms with van der Waals surface area (Å²) in [5.41, 5.74) is -3.31.